The standard InChI is InChI=1S/C34H30N4O3/c1-18-22-14-16-28(40-4)24-10-12-26(33(31(22)24)37-35-18)30(20-6-8-21(39-3)9-7-20)27-13-11-25-29(41-5)17-15-23-19(2)36-38-34(27)32(23)25/h6-17,30,37-38H,1-5H3. The normalized spacial score (nSPS) is 13.4. The van der Waals surface area contributed by atoms with Crippen molar-refractivity contribution in [2.45, 2.75) is 19.8 Å². The number of hydrogen-bond donors (Lipinski definition) is 2. The highest BCUT2D eigenvalue weighted by Gasteiger charge is 2.30. The van der Waals surface area contributed by atoms with Crippen LogP contribution >= 0.6 is 0 Å². The summed E-state index contributed by atoms with van der Waals surface area (Å²) < 4.78 is 17.0. The molecular formula is C34H30N4O3. The fraction of sp³-hybridized carbons (Fsp3) is 0.176. The van der Waals surface area contributed by atoms with Gasteiger partial charge >= 0.3 is 0 Å². The first-order valence-electron chi connectivity index (χ1n) is 13.6. The summed E-state index contributed by atoms with van der Waals surface area (Å²) >= 11 is 0. The van der Waals surface area contributed by atoms with E-state index in [1.807, 2.05) is 38.1 Å². The van der Waals surface area contributed by atoms with Crippen molar-refractivity contribution in [2.24, 2.45) is 10.2 Å². The molecule has 0 saturated carbocycles. The van der Waals surface area contributed by atoms with Gasteiger partial charge in [0.15, 0.2) is 0 Å². The van der Waals surface area contributed by atoms with Gasteiger partial charge in [-0.05, 0) is 66.9 Å². The molecule has 0 amide bonds. The minimum Gasteiger partial charge on any atom is -0.497 e. The molecule has 0 bridgehead atoms. The molecule has 5 aromatic carbocycles. The summed E-state index contributed by atoms with van der Waals surface area (Å²) in [6.45, 7) is 4.05. The second-order valence-electron chi connectivity index (χ2n) is 10.4. The first kappa shape index (κ1) is 25.0. The molecule has 204 valence electrons. The van der Waals surface area contributed by atoms with E-state index >= 15 is 0 Å². The monoisotopic (exact) mass is 542 g/mol. The van der Waals surface area contributed by atoms with Crippen molar-refractivity contribution in [3.8, 4) is 17.2 Å². The van der Waals surface area contributed by atoms with Crippen LogP contribution in [0.3, 0.4) is 0 Å². The Hall–Kier alpha value is -5.04. The number of anilines is 2. The smallest absolute Gasteiger partial charge is 0.126 e. The maximum atomic E-state index is 5.76. The van der Waals surface area contributed by atoms with E-state index in [0.717, 1.165) is 89.4 Å². The lowest BCUT2D eigenvalue weighted by Gasteiger charge is -2.29. The van der Waals surface area contributed by atoms with Gasteiger partial charge in [-0.2, -0.15) is 10.2 Å². The van der Waals surface area contributed by atoms with Crippen molar-refractivity contribution >= 4 is 44.3 Å². The van der Waals surface area contributed by atoms with Crippen LogP contribution in [0, 0.1) is 0 Å². The van der Waals surface area contributed by atoms with E-state index in [2.05, 4.69) is 59.4 Å². The Morgan fingerprint density at radius 2 is 1.05 bits per heavy atom. The largest absolute Gasteiger partial charge is 0.497 e. The highest BCUT2D eigenvalue weighted by molar-refractivity contribution is 6.19. The summed E-state index contributed by atoms with van der Waals surface area (Å²) in [5, 5.41) is 13.7. The summed E-state index contributed by atoms with van der Waals surface area (Å²) in [6.07, 6.45) is 0. The van der Waals surface area contributed by atoms with Crippen molar-refractivity contribution in [3.63, 3.8) is 0 Å². The predicted molar refractivity (Wildman–Crippen MR) is 167 cm³/mol. The molecule has 2 aliphatic rings. The lowest BCUT2D eigenvalue weighted by Crippen LogP contribution is -2.15. The van der Waals surface area contributed by atoms with E-state index < -0.39 is 0 Å². The lowest BCUT2D eigenvalue weighted by molar-refractivity contribution is 0.414. The second-order valence-corrected chi connectivity index (χ2v) is 10.4. The van der Waals surface area contributed by atoms with Crippen LogP contribution in [0.15, 0.2) is 83.0 Å². The molecule has 7 nitrogen and oxygen atoms in total. The average Bonchev–Trinajstić information content (AvgIpc) is 3.02. The van der Waals surface area contributed by atoms with E-state index in [4.69, 9.17) is 24.4 Å². The fourth-order valence-corrected chi connectivity index (χ4v) is 6.28. The molecule has 0 fully saturated rings. The first-order chi connectivity index (χ1) is 20.0. The molecule has 2 aliphatic heterocycles. The molecule has 41 heavy (non-hydrogen) atoms. The lowest BCUT2D eigenvalue weighted by atomic mass is 9.80. The number of hydrogen-bond acceptors (Lipinski definition) is 7. The molecule has 2 N–H and O–H groups in total. The van der Waals surface area contributed by atoms with Crippen LogP contribution in [0.2, 0.25) is 0 Å². The molecule has 7 rings (SSSR count). The number of ether oxygens (including phenoxy) is 3. The quantitative estimate of drug-likeness (QED) is 0.217. The van der Waals surface area contributed by atoms with Gasteiger partial charge in [0.25, 0.3) is 0 Å². The summed E-state index contributed by atoms with van der Waals surface area (Å²) in [5.41, 5.74) is 16.1. The molecule has 0 radical (unpaired) electrons. The third-order valence-electron chi connectivity index (χ3n) is 8.31. The van der Waals surface area contributed by atoms with E-state index in [1.54, 1.807) is 21.3 Å². The summed E-state index contributed by atoms with van der Waals surface area (Å²) in [6, 6.07) is 25.2. The third-order valence-corrected chi connectivity index (χ3v) is 8.31. The van der Waals surface area contributed by atoms with Gasteiger partial charge in [0.05, 0.1) is 44.1 Å². The first-order valence-corrected chi connectivity index (χ1v) is 13.6. The van der Waals surface area contributed by atoms with Gasteiger partial charge in [0, 0.05) is 38.6 Å². The van der Waals surface area contributed by atoms with E-state index in [1.165, 1.54) is 0 Å². The van der Waals surface area contributed by atoms with E-state index in [-0.39, 0.29) is 5.92 Å². The Kier molecular flexibility index (Phi) is 5.82. The minimum absolute atomic E-state index is 0.153. The zero-order chi connectivity index (χ0) is 28.2. The molecule has 0 atom stereocenters. The zero-order valence-electron chi connectivity index (χ0n) is 23.6. The van der Waals surface area contributed by atoms with Gasteiger partial charge in [-0.15, -0.1) is 0 Å². The average molecular weight is 543 g/mol. The maximum Gasteiger partial charge on any atom is 0.126 e. The van der Waals surface area contributed by atoms with E-state index in [0.29, 0.717) is 0 Å². The number of nitrogens with zero attached hydrogens (tertiary/aromatic N) is 2. The van der Waals surface area contributed by atoms with Crippen molar-refractivity contribution in [3.05, 3.63) is 101 Å². The number of hydrazone groups is 2. The Balaban J connectivity index is 1.55. The molecule has 0 unspecified atom stereocenters. The van der Waals surface area contributed by atoms with Crippen LogP contribution in [0.1, 0.15) is 47.6 Å². The highest BCUT2D eigenvalue weighted by Crippen LogP contribution is 2.48. The van der Waals surface area contributed by atoms with Gasteiger partial charge < -0.3 is 14.2 Å². The molecule has 2 heterocycles. The summed E-state index contributed by atoms with van der Waals surface area (Å²) in [7, 11) is 5.11. The molecule has 0 spiro atoms. The zero-order valence-corrected chi connectivity index (χ0v) is 23.6. The van der Waals surface area contributed by atoms with Crippen LogP contribution in [0.4, 0.5) is 11.4 Å². The predicted octanol–water partition coefficient (Wildman–Crippen LogP) is 7.50. The van der Waals surface area contributed by atoms with Gasteiger partial charge in [-0.3, -0.25) is 10.9 Å². The summed E-state index contributed by atoms with van der Waals surface area (Å²) in [5.74, 6) is 2.32. The van der Waals surface area contributed by atoms with Crippen LogP contribution < -0.4 is 25.1 Å². The Bertz CT molecular complexity index is 1810. The summed E-state index contributed by atoms with van der Waals surface area (Å²) in [4.78, 5) is 0. The molecule has 5 aromatic rings. The van der Waals surface area contributed by atoms with Gasteiger partial charge in [0.2, 0.25) is 0 Å². The molecule has 0 aliphatic carbocycles. The Morgan fingerprint density at radius 1 is 0.561 bits per heavy atom. The Morgan fingerprint density at radius 3 is 1.49 bits per heavy atom. The number of benzene rings is 5. The number of methoxy groups -OCH3 is 3. The van der Waals surface area contributed by atoms with Crippen molar-refractivity contribution in [1.82, 2.24) is 0 Å². The third kappa shape index (κ3) is 3.73. The van der Waals surface area contributed by atoms with Crippen molar-refractivity contribution < 1.29 is 14.2 Å². The van der Waals surface area contributed by atoms with Crippen LogP contribution in [0.5, 0.6) is 17.2 Å². The molecule has 0 saturated heterocycles. The molecule has 7 heteroatoms. The van der Waals surface area contributed by atoms with E-state index in [9.17, 15) is 0 Å². The number of nitrogens with one attached hydrogen (secondary N) is 2. The Labute approximate surface area is 238 Å². The topological polar surface area (TPSA) is 76.5 Å². The van der Waals surface area contributed by atoms with Crippen molar-refractivity contribution in [1.29, 1.82) is 0 Å². The molecule has 0 aromatic heterocycles. The SMILES string of the molecule is COc1ccc(C(c2ccc3c(OC)ccc4c3c2NN=C4C)c2ccc3c(OC)ccc4c3c2NN=C4C)cc1. The minimum atomic E-state index is -0.153. The van der Waals surface area contributed by atoms with Gasteiger partial charge in [-0.1, -0.05) is 36.4 Å². The van der Waals surface area contributed by atoms with Gasteiger partial charge in [-0.25, -0.2) is 0 Å². The van der Waals surface area contributed by atoms with Crippen LogP contribution in [-0.2, 0) is 0 Å². The highest BCUT2D eigenvalue weighted by atomic mass is 16.5. The fourth-order valence-electron chi connectivity index (χ4n) is 6.28. The van der Waals surface area contributed by atoms with Crippen LogP contribution in [-0.4, -0.2) is 32.8 Å². The van der Waals surface area contributed by atoms with Crippen LogP contribution in [0.25, 0.3) is 21.5 Å². The second kappa shape index (κ2) is 9.55. The molecular weight excluding hydrogens is 512 g/mol. The maximum absolute atomic E-state index is 5.76. The number of rotatable bonds is 6. The van der Waals surface area contributed by atoms with Crippen molar-refractivity contribution in [2.75, 3.05) is 32.2 Å². The van der Waals surface area contributed by atoms with Gasteiger partial charge in [0.1, 0.15) is 17.2 Å².